The van der Waals surface area contributed by atoms with Crippen molar-refractivity contribution < 1.29 is 4.79 Å². The van der Waals surface area contributed by atoms with Crippen molar-refractivity contribution in [2.75, 3.05) is 5.73 Å². The van der Waals surface area contributed by atoms with Crippen LogP contribution in [0.5, 0.6) is 0 Å². The van der Waals surface area contributed by atoms with E-state index in [-0.39, 0.29) is 5.69 Å². The predicted molar refractivity (Wildman–Crippen MR) is 46.9 cm³/mol. The monoisotopic (exact) mass is 178 g/mol. The molecule has 5 heteroatoms. The molecule has 1 heterocycles. The zero-order chi connectivity index (χ0) is 9.42. The molecule has 13 heavy (non-hydrogen) atoms. The molecule has 68 valence electrons. The minimum absolute atomic E-state index is 0.203. The Balaban J connectivity index is 2.41. The lowest BCUT2D eigenvalue weighted by Crippen LogP contribution is -2.15. The van der Waals surface area contributed by atoms with Crippen molar-refractivity contribution in [1.82, 2.24) is 9.97 Å². The highest BCUT2D eigenvalue weighted by molar-refractivity contribution is 5.91. The summed E-state index contributed by atoms with van der Waals surface area (Å²) in [6, 6.07) is 1.40. The second kappa shape index (κ2) is 2.69. The summed E-state index contributed by atoms with van der Waals surface area (Å²) in [5.41, 5.74) is 10.8. The molecule has 0 spiro atoms. The first-order valence-corrected chi connectivity index (χ1v) is 4.11. The Kier molecular flexibility index (Phi) is 1.65. The van der Waals surface area contributed by atoms with E-state index >= 15 is 0 Å². The number of nitrogen functional groups attached to an aromatic ring is 1. The van der Waals surface area contributed by atoms with Crippen LogP contribution in [0.25, 0.3) is 0 Å². The van der Waals surface area contributed by atoms with Gasteiger partial charge in [0.05, 0.1) is 0 Å². The van der Waals surface area contributed by atoms with Crippen molar-refractivity contribution in [3.05, 3.63) is 17.6 Å². The summed E-state index contributed by atoms with van der Waals surface area (Å²) >= 11 is 0. The second-order valence-corrected chi connectivity index (χ2v) is 3.17. The van der Waals surface area contributed by atoms with Crippen molar-refractivity contribution in [3.63, 3.8) is 0 Å². The zero-order valence-electron chi connectivity index (χ0n) is 7.03. The molecular formula is C8H10N4O. The molecule has 0 unspecified atom stereocenters. The van der Waals surface area contributed by atoms with E-state index in [1.807, 2.05) is 0 Å². The topological polar surface area (TPSA) is 94.9 Å². The van der Waals surface area contributed by atoms with Crippen LogP contribution in [0, 0.1) is 0 Å². The van der Waals surface area contributed by atoms with E-state index in [4.69, 9.17) is 11.5 Å². The number of amides is 1. The third-order valence-electron chi connectivity index (χ3n) is 1.96. The number of nitrogens with two attached hydrogens (primary N) is 2. The number of hydrogen-bond acceptors (Lipinski definition) is 4. The van der Waals surface area contributed by atoms with Crippen molar-refractivity contribution in [2.24, 2.45) is 5.73 Å². The van der Waals surface area contributed by atoms with Crippen LogP contribution in [0.2, 0.25) is 0 Å². The average molecular weight is 178 g/mol. The number of rotatable bonds is 2. The van der Waals surface area contributed by atoms with E-state index in [0.717, 1.165) is 12.8 Å². The van der Waals surface area contributed by atoms with E-state index in [9.17, 15) is 4.79 Å². The number of carbonyl (C=O) groups is 1. The van der Waals surface area contributed by atoms with E-state index in [0.29, 0.717) is 17.6 Å². The highest BCUT2D eigenvalue weighted by Gasteiger charge is 2.27. The quantitative estimate of drug-likeness (QED) is 0.668. The molecule has 2 rings (SSSR count). The maximum absolute atomic E-state index is 10.8. The van der Waals surface area contributed by atoms with Crippen LogP contribution in [-0.4, -0.2) is 15.9 Å². The fourth-order valence-corrected chi connectivity index (χ4v) is 1.14. The van der Waals surface area contributed by atoms with Crippen LogP contribution >= 0.6 is 0 Å². The summed E-state index contributed by atoms with van der Waals surface area (Å²) in [5, 5.41) is 0. The normalized spacial score (nSPS) is 15.7. The molecule has 0 aliphatic heterocycles. The van der Waals surface area contributed by atoms with Crippen LogP contribution in [0.1, 0.15) is 35.1 Å². The summed E-state index contributed by atoms with van der Waals surface area (Å²) in [4.78, 5) is 18.9. The smallest absolute Gasteiger partial charge is 0.267 e. The molecule has 1 aromatic rings. The van der Waals surface area contributed by atoms with Gasteiger partial charge in [-0.2, -0.15) is 0 Å². The van der Waals surface area contributed by atoms with Gasteiger partial charge in [0.2, 0.25) is 0 Å². The lowest BCUT2D eigenvalue weighted by molar-refractivity contribution is 0.0995. The van der Waals surface area contributed by atoms with Crippen LogP contribution in [0.3, 0.4) is 0 Å². The third kappa shape index (κ3) is 1.58. The Morgan fingerprint density at radius 1 is 1.46 bits per heavy atom. The first-order chi connectivity index (χ1) is 6.16. The van der Waals surface area contributed by atoms with Gasteiger partial charge in [-0.1, -0.05) is 0 Å². The van der Waals surface area contributed by atoms with E-state index in [1.54, 1.807) is 0 Å². The minimum Gasteiger partial charge on any atom is -0.384 e. The van der Waals surface area contributed by atoms with Gasteiger partial charge in [-0.3, -0.25) is 4.79 Å². The summed E-state index contributed by atoms with van der Waals surface area (Å²) in [6.45, 7) is 0. The van der Waals surface area contributed by atoms with E-state index in [1.165, 1.54) is 6.07 Å². The zero-order valence-corrected chi connectivity index (χ0v) is 7.03. The lowest BCUT2D eigenvalue weighted by atomic mass is 10.3. The van der Waals surface area contributed by atoms with Crippen LogP contribution in [0.4, 0.5) is 5.82 Å². The van der Waals surface area contributed by atoms with Crippen molar-refractivity contribution in [3.8, 4) is 0 Å². The maximum atomic E-state index is 10.8. The van der Waals surface area contributed by atoms with Gasteiger partial charge in [0.1, 0.15) is 17.3 Å². The van der Waals surface area contributed by atoms with Crippen molar-refractivity contribution >= 4 is 11.7 Å². The second-order valence-electron chi connectivity index (χ2n) is 3.17. The summed E-state index contributed by atoms with van der Waals surface area (Å²) in [5.74, 6) is 0.775. The van der Waals surface area contributed by atoms with E-state index < -0.39 is 5.91 Å². The van der Waals surface area contributed by atoms with Gasteiger partial charge in [-0.05, 0) is 12.8 Å². The summed E-state index contributed by atoms with van der Waals surface area (Å²) in [7, 11) is 0. The molecule has 4 N–H and O–H groups in total. The van der Waals surface area contributed by atoms with Gasteiger partial charge in [0.15, 0.2) is 0 Å². The Morgan fingerprint density at radius 3 is 2.69 bits per heavy atom. The van der Waals surface area contributed by atoms with Gasteiger partial charge >= 0.3 is 0 Å². The molecule has 1 amide bonds. The van der Waals surface area contributed by atoms with Gasteiger partial charge in [-0.25, -0.2) is 9.97 Å². The first kappa shape index (κ1) is 7.97. The lowest BCUT2D eigenvalue weighted by Gasteiger charge is -2.00. The molecular weight excluding hydrogens is 168 g/mol. The molecule has 0 saturated heterocycles. The average Bonchev–Trinajstić information content (AvgIpc) is 2.85. The fourth-order valence-electron chi connectivity index (χ4n) is 1.14. The van der Waals surface area contributed by atoms with Crippen molar-refractivity contribution in [2.45, 2.75) is 18.8 Å². The Bertz CT molecular complexity index is 359. The highest BCUT2D eigenvalue weighted by Crippen LogP contribution is 2.38. The number of carbonyl (C=O) groups excluding carboxylic acids is 1. The van der Waals surface area contributed by atoms with Gasteiger partial charge < -0.3 is 11.5 Å². The predicted octanol–water partition coefficient (Wildman–Crippen LogP) is 0.0351. The molecule has 0 radical (unpaired) electrons. The minimum atomic E-state index is -0.559. The molecule has 1 aliphatic rings. The molecule has 0 bridgehead atoms. The number of anilines is 1. The largest absolute Gasteiger partial charge is 0.384 e. The standard InChI is InChI=1S/C8H10N4O/c9-6-3-5(7(10)13)11-8(12-6)4-1-2-4/h3-4H,1-2H2,(H2,10,13)(H2,9,11,12). The van der Waals surface area contributed by atoms with E-state index in [2.05, 4.69) is 9.97 Å². The Hall–Kier alpha value is -1.65. The van der Waals surface area contributed by atoms with Gasteiger partial charge in [-0.15, -0.1) is 0 Å². The molecule has 1 fully saturated rings. The number of primary amides is 1. The number of hydrogen-bond donors (Lipinski definition) is 2. The Morgan fingerprint density at radius 2 is 2.15 bits per heavy atom. The molecule has 1 aliphatic carbocycles. The maximum Gasteiger partial charge on any atom is 0.267 e. The van der Waals surface area contributed by atoms with Gasteiger partial charge in [0, 0.05) is 12.0 Å². The highest BCUT2D eigenvalue weighted by atomic mass is 16.1. The molecule has 0 aromatic carbocycles. The third-order valence-corrected chi connectivity index (χ3v) is 1.96. The number of nitrogens with zero attached hydrogens (tertiary/aromatic N) is 2. The SMILES string of the molecule is NC(=O)c1cc(N)nc(C2CC2)n1. The first-order valence-electron chi connectivity index (χ1n) is 4.11. The molecule has 1 saturated carbocycles. The van der Waals surface area contributed by atoms with Crippen molar-refractivity contribution in [1.29, 1.82) is 0 Å². The van der Waals surface area contributed by atoms with Crippen LogP contribution < -0.4 is 11.5 Å². The Labute approximate surface area is 75.2 Å². The molecule has 0 atom stereocenters. The fraction of sp³-hybridized carbons (Fsp3) is 0.375. The number of aromatic nitrogens is 2. The van der Waals surface area contributed by atoms with Gasteiger partial charge in [0.25, 0.3) is 5.91 Å². The summed E-state index contributed by atoms with van der Waals surface area (Å²) in [6.07, 6.45) is 2.14. The van der Waals surface area contributed by atoms with Crippen LogP contribution in [-0.2, 0) is 0 Å². The summed E-state index contributed by atoms with van der Waals surface area (Å²) < 4.78 is 0. The molecule has 1 aromatic heterocycles. The van der Waals surface area contributed by atoms with Crippen LogP contribution in [0.15, 0.2) is 6.07 Å². The molecule has 5 nitrogen and oxygen atoms in total.